The lowest BCUT2D eigenvalue weighted by Gasteiger charge is -2.22. The fourth-order valence-corrected chi connectivity index (χ4v) is 3.30. The molecule has 0 aliphatic heterocycles. The molecule has 0 heterocycles. The van der Waals surface area contributed by atoms with Gasteiger partial charge in [-0.15, -0.1) is 12.4 Å². The Morgan fingerprint density at radius 3 is 2.52 bits per heavy atom. The van der Waals surface area contributed by atoms with Crippen LogP contribution in [0.15, 0.2) is 22.7 Å². The quantitative estimate of drug-likeness (QED) is 0.753. The number of rotatable bonds is 6. The number of nitrogens with one attached hydrogen (secondary N) is 1. The minimum Gasteiger partial charge on any atom is -0.483 e. The molecule has 3 N–H and O–H groups in total. The van der Waals surface area contributed by atoms with E-state index in [9.17, 15) is 4.79 Å². The second-order valence-corrected chi connectivity index (χ2v) is 6.85. The van der Waals surface area contributed by atoms with E-state index in [1.807, 2.05) is 18.2 Å². The van der Waals surface area contributed by atoms with Gasteiger partial charge < -0.3 is 15.8 Å². The maximum atomic E-state index is 10.9. The lowest BCUT2D eigenvalue weighted by Crippen LogP contribution is -2.29. The van der Waals surface area contributed by atoms with Gasteiger partial charge in [-0.25, -0.2) is 0 Å². The van der Waals surface area contributed by atoms with Crippen molar-refractivity contribution in [3.05, 3.63) is 28.2 Å². The molecule has 1 saturated carbocycles. The molecule has 0 unspecified atom stereocenters. The van der Waals surface area contributed by atoms with Gasteiger partial charge in [0.1, 0.15) is 5.75 Å². The van der Waals surface area contributed by atoms with Crippen molar-refractivity contribution >= 4 is 34.2 Å². The van der Waals surface area contributed by atoms with E-state index in [-0.39, 0.29) is 19.0 Å². The van der Waals surface area contributed by atoms with E-state index >= 15 is 0 Å². The lowest BCUT2D eigenvalue weighted by molar-refractivity contribution is -0.119. The molecular weight excluding hydrogens is 380 g/mol. The number of amides is 1. The minimum atomic E-state index is -0.457. The number of carbonyl (C=O) groups excluding carboxylic acids is 1. The molecule has 0 radical (unpaired) electrons. The summed E-state index contributed by atoms with van der Waals surface area (Å²) in [6, 6.07) is 6.40. The summed E-state index contributed by atoms with van der Waals surface area (Å²) in [5.74, 6) is 0.266. The lowest BCUT2D eigenvalue weighted by atomic mass is 9.96. The zero-order valence-electron chi connectivity index (χ0n) is 13.4. The third-order valence-corrected chi connectivity index (χ3v) is 4.57. The predicted octanol–water partition coefficient (Wildman–Crippen LogP) is 3.94. The summed E-state index contributed by atoms with van der Waals surface area (Å²) < 4.78 is 6.51. The molecule has 1 aliphatic carbocycles. The third-order valence-electron chi connectivity index (χ3n) is 4.08. The first-order valence-corrected chi connectivity index (χ1v) is 8.87. The fourth-order valence-electron chi connectivity index (χ4n) is 2.89. The van der Waals surface area contributed by atoms with Crippen molar-refractivity contribution in [1.29, 1.82) is 0 Å². The van der Waals surface area contributed by atoms with Gasteiger partial charge in [-0.3, -0.25) is 4.79 Å². The molecule has 0 aromatic heterocycles. The average Bonchev–Trinajstić information content (AvgIpc) is 2.45. The number of carbonyl (C=O) groups is 1. The summed E-state index contributed by atoms with van der Waals surface area (Å²) >= 11 is 3.49. The Morgan fingerprint density at radius 1 is 1.22 bits per heavy atom. The highest BCUT2D eigenvalue weighted by atomic mass is 79.9. The van der Waals surface area contributed by atoms with Crippen molar-refractivity contribution in [2.24, 2.45) is 5.73 Å². The largest absolute Gasteiger partial charge is 0.483 e. The SMILES string of the molecule is Cl.NC(=O)COc1ccc(Br)cc1CNC1CCCCCCC1. The molecule has 0 bridgehead atoms. The number of hydrogen-bond acceptors (Lipinski definition) is 3. The first-order valence-electron chi connectivity index (χ1n) is 8.08. The summed E-state index contributed by atoms with van der Waals surface area (Å²) in [7, 11) is 0. The molecule has 0 saturated heterocycles. The second kappa shape index (κ2) is 10.9. The first-order chi connectivity index (χ1) is 10.6. The monoisotopic (exact) mass is 404 g/mol. The van der Waals surface area contributed by atoms with Crippen LogP contribution in [0, 0.1) is 0 Å². The van der Waals surface area contributed by atoms with Crippen LogP contribution in [-0.2, 0) is 11.3 Å². The number of ether oxygens (including phenoxy) is 1. The highest BCUT2D eigenvalue weighted by Gasteiger charge is 2.12. The molecule has 6 heteroatoms. The third kappa shape index (κ3) is 7.55. The zero-order valence-corrected chi connectivity index (χ0v) is 15.8. The topological polar surface area (TPSA) is 64.4 Å². The van der Waals surface area contributed by atoms with Crippen molar-refractivity contribution in [3.63, 3.8) is 0 Å². The van der Waals surface area contributed by atoms with Gasteiger partial charge in [0.2, 0.25) is 0 Å². The standard InChI is InChI=1S/C17H25BrN2O2.ClH/c18-14-8-9-16(22-12-17(19)21)13(10-14)11-20-15-6-4-2-1-3-5-7-15;/h8-10,15,20H,1-7,11-12H2,(H2,19,21);1H. The van der Waals surface area contributed by atoms with Crippen molar-refractivity contribution in [1.82, 2.24) is 5.32 Å². The average molecular weight is 406 g/mol. The Kier molecular flexibility index (Phi) is 9.60. The minimum absolute atomic E-state index is 0. The van der Waals surface area contributed by atoms with Crippen LogP contribution in [0.5, 0.6) is 5.75 Å². The van der Waals surface area contributed by atoms with E-state index in [2.05, 4.69) is 21.2 Å². The number of nitrogens with two attached hydrogens (primary N) is 1. The molecule has 1 aromatic carbocycles. The van der Waals surface area contributed by atoms with Crippen LogP contribution in [0.1, 0.15) is 50.5 Å². The van der Waals surface area contributed by atoms with Gasteiger partial charge in [0.05, 0.1) is 0 Å². The Labute approximate surface area is 153 Å². The van der Waals surface area contributed by atoms with Crippen LogP contribution in [0.25, 0.3) is 0 Å². The van der Waals surface area contributed by atoms with Gasteiger partial charge in [-0.1, -0.05) is 48.0 Å². The molecule has 1 amide bonds. The highest BCUT2D eigenvalue weighted by Crippen LogP contribution is 2.24. The summed E-state index contributed by atoms with van der Waals surface area (Å²) in [5.41, 5.74) is 6.21. The number of hydrogen-bond donors (Lipinski definition) is 2. The second-order valence-electron chi connectivity index (χ2n) is 5.93. The van der Waals surface area contributed by atoms with Gasteiger partial charge in [-0.05, 0) is 31.0 Å². The summed E-state index contributed by atoms with van der Waals surface area (Å²) in [4.78, 5) is 10.9. The molecule has 23 heavy (non-hydrogen) atoms. The summed E-state index contributed by atoms with van der Waals surface area (Å²) in [6.07, 6.45) is 9.17. The van der Waals surface area contributed by atoms with Crippen LogP contribution in [0.2, 0.25) is 0 Å². The van der Waals surface area contributed by atoms with E-state index in [0.717, 1.165) is 22.3 Å². The van der Waals surface area contributed by atoms with E-state index in [1.165, 1.54) is 44.9 Å². The van der Waals surface area contributed by atoms with Crippen molar-refractivity contribution in [2.45, 2.75) is 57.5 Å². The van der Waals surface area contributed by atoms with Gasteiger partial charge >= 0.3 is 0 Å². The molecule has 1 aliphatic rings. The Hall–Kier alpha value is -0.780. The van der Waals surface area contributed by atoms with E-state index < -0.39 is 5.91 Å². The fraction of sp³-hybridized carbons (Fsp3) is 0.588. The molecule has 2 rings (SSSR count). The van der Waals surface area contributed by atoms with Crippen LogP contribution < -0.4 is 15.8 Å². The maximum absolute atomic E-state index is 10.9. The predicted molar refractivity (Wildman–Crippen MR) is 99.0 cm³/mol. The first kappa shape index (κ1) is 20.3. The number of benzene rings is 1. The van der Waals surface area contributed by atoms with Crippen molar-refractivity contribution in [3.8, 4) is 5.75 Å². The molecule has 4 nitrogen and oxygen atoms in total. The van der Waals surface area contributed by atoms with Crippen LogP contribution in [0.4, 0.5) is 0 Å². The van der Waals surface area contributed by atoms with Crippen molar-refractivity contribution < 1.29 is 9.53 Å². The zero-order chi connectivity index (χ0) is 15.8. The molecule has 1 aromatic rings. The summed E-state index contributed by atoms with van der Waals surface area (Å²) in [6.45, 7) is 0.663. The van der Waals surface area contributed by atoms with E-state index in [1.54, 1.807) is 0 Å². The van der Waals surface area contributed by atoms with Gasteiger partial charge in [-0.2, -0.15) is 0 Å². The Bertz CT molecular complexity index is 491. The van der Waals surface area contributed by atoms with Crippen LogP contribution in [0.3, 0.4) is 0 Å². The van der Waals surface area contributed by atoms with Crippen LogP contribution in [-0.4, -0.2) is 18.6 Å². The smallest absolute Gasteiger partial charge is 0.255 e. The van der Waals surface area contributed by atoms with Gasteiger partial charge in [0.15, 0.2) is 6.61 Å². The maximum Gasteiger partial charge on any atom is 0.255 e. The number of primary amides is 1. The molecule has 0 atom stereocenters. The Morgan fingerprint density at radius 2 is 1.87 bits per heavy atom. The normalized spacial score (nSPS) is 16.0. The molecule has 130 valence electrons. The van der Waals surface area contributed by atoms with Crippen molar-refractivity contribution in [2.75, 3.05) is 6.61 Å². The van der Waals surface area contributed by atoms with Crippen LogP contribution >= 0.6 is 28.3 Å². The Balaban J connectivity index is 0.00000264. The van der Waals surface area contributed by atoms with E-state index in [0.29, 0.717) is 6.04 Å². The molecule has 0 spiro atoms. The summed E-state index contributed by atoms with van der Waals surface area (Å²) in [5, 5.41) is 3.64. The molecular formula is C17H26BrClN2O2. The number of halogens is 2. The van der Waals surface area contributed by atoms with E-state index in [4.69, 9.17) is 10.5 Å². The molecule has 1 fully saturated rings. The van der Waals surface area contributed by atoms with Gasteiger partial charge in [0.25, 0.3) is 5.91 Å². The highest BCUT2D eigenvalue weighted by molar-refractivity contribution is 9.10. The van der Waals surface area contributed by atoms with Gasteiger partial charge in [0, 0.05) is 22.6 Å².